The van der Waals surface area contributed by atoms with Crippen LogP contribution >= 0.6 is 0 Å². The van der Waals surface area contributed by atoms with Gasteiger partial charge in [-0.15, -0.1) is 0 Å². The molecule has 0 unspecified atom stereocenters. The molecule has 0 aliphatic heterocycles. The van der Waals surface area contributed by atoms with Crippen LogP contribution in [0.25, 0.3) is 0 Å². The SMILES string of the molecule is C=C(/C=C(\C)N(CC)S(=O)(=O)c1ccc(F)cc1)NC=O.CC.COCC(C)(C)C. The molecule has 0 aliphatic carbocycles. The van der Waals surface area contributed by atoms with E-state index in [0.29, 0.717) is 17.5 Å². The number of halogens is 1. The third kappa shape index (κ3) is 11.7. The fraction of sp³-hybridized carbons (Fsp3) is 0.500. The van der Waals surface area contributed by atoms with Gasteiger partial charge in [-0.1, -0.05) is 41.2 Å². The lowest BCUT2D eigenvalue weighted by Gasteiger charge is -2.23. The maximum atomic E-state index is 12.9. The van der Waals surface area contributed by atoms with Crippen molar-refractivity contribution in [2.75, 3.05) is 20.3 Å². The molecule has 0 bridgehead atoms. The summed E-state index contributed by atoms with van der Waals surface area (Å²) in [4.78, 5) is 10.3. The summed E-state index contributed by atoms with van der Waals surface area (Å²) < 4.78 is 44.0. The zero-order chi connectivity index (χ0) is 24.0. The Kier molecular flexibility index (Phi) is 14.7. The number of allylic oxidation sites excluding steroid dienone is 2. The van der Waals surface area contributed by atoms with Crippen LogP contribution in [0.5, 0.6) is 0 Å². The quantitative estimate of drug-likeness (QED) is 0.466. The van der Waals surface area contributed by atoms with Crippen LogP contribution in [0.4, 0.5) is 4.39 Å². The van der Waals surface area contributed by atoms with Crippen LogP contribution in [0, 0.1) is 11.2 Å². The van der Waals surface area contributed by atoms with E-state index in [2.05, 4.69) is 32.7 Å². The van der Waals surface area contributed by atoms with Gasteiger partial charge in [-0.25, -0.2) is 12.8 Å². The average Bonchev–Trinajstić information content (AvgIpc) is 2.63. The molecule has 0 fully saturated rings. The molecule has 8 heteroatoms. The Hall–Kier alpha value is -2.19. The predicted molar refractivity (Wildman–Crippen MR) is 121 cm³/mol. The highest BCUT2D eigenvalue weighted by Gasteiger charge is 2.23. The number of rotatable bonds is 8. The average molecular weight is 445 g/mol. The normalized spacial score (nSPS) is 11.3. The first-order valence-corrected chi connectivity index (χ1v) is 11.2. The van der Waals surface area contributed by atoms with Gasteiger partial charge in [0.15, 0.2) is 0 Å². The van der Waals surface area contributed by atoms with Gasteiger partial charge in [0.05, 0.1) is 11.5 Å². The summed E-state index contributed by atoms with van der Waals surface area (Å²) in [6.07, 6.45) is 1.90. The molecule has 6 nitrogen and oxygen atoms in total. The zero-order valence-corrected chi connectivity index (χ0v) is 20.3. The summed E-state index contributed by atoms with van der Waals surface area (Å²) in [6, 6.07) is 4.59. The van der Waals surface area contributed by atoms with Crippen LogP contribution in [0.15, 0.2) is 53.2 Å². The lowest BCUT2D eigenvalue weighted by Crippen LogP contribution is -2.29. The molecule has 30 heavy (non-hydrogen) atoms. The minimum atomic E-state index is -3.79. The van der Waals surface area contributed by atoms with Gasteiger partial charge in [-0.05, 0) is 49.6 Å². The van der Waals surface area contributed by atoms with Crippen molar-refractivity contribution in [3.05, 3.63) is 54.1 Å². The second-order valence-electron chi connectivity index (χ2n) is 7.19. The van der Waals surface area contributed by atoms with Crippen molar-refractivity contribution in [2.45, 2.75) is 53.4 Å². The van der Waals surface area contributed by atoms with Crippen LogP contribution in [-0.4, -0.2) is 39.4 Å². The summed E-state index contributed by atoms with van der Waals surface area (Å²) in [5.41, 5.74) is 0.991. The number of hydrogen-bond donors (Lipinski definition) is 1. The Morgan fingerprint density at radius 2 is 1.73 bits per heavy atom. The van der Waals surface area contributed by atoms with Crippen LogP contribution < -0.4 is 5.32 Å². The highest BCUT2D eigenvalue weighted by molar-refractivity contribution is 7.89. The van der Waals surface area contributed by atoms with E-state index < -0.39 is 15.8 Å². The molecule has 172 valence electrons. The Morgan fingerprint density at radius 3 is 2.07 bits per heavy atom. The summed E-state index contributed by atoms with van der Waals surface area (Å²) in [7, 11) is -2.06. The van der Waals surface area contributed by atoms with E-state index in [0.717, 1.165) is 23.0 Å². The number of nitrogens with one attached hydrogen (secondary N) is 1. The van der Waals surface area contributed by atoms with E-state index in [9.17, 15) is 17.6 Å². The largest absolute Gasteiger partial charge is 0.384 e. The Morgan fingerprint density at radius 1 is 1.23 bits per heavy atom. The van der Waals surface area contributed by atoms with Crippen molar-refractivity contribution in [2.24, 2.45) is 5.41 Å². The number of ether oxygens (including phenoxy) is 1. The molecule has 1 amide bonds. The first kappa shape index (κ1) is 30.0. The molecule has 0 radical (unpaired) electrons. The van der Waals surface area contributed by atoms with Gasteiger partial charge in [0.1, 0.15) is 5.82 Å². The fourth-order valence-corrected chi connectivity index (χ4v) is 3.72. The van der Waals surface area contributed by atoms with Crippen molar-refractivity contribution in [1.82, 2.24) is 9.62 Å². The minimum absolute atomic E-state index is 0.00698. The number of carbonyl (C=O) groups is 1. The third-order valence-corrected chi connectivity index (χ3v) is 5.28. The first-order valence-electron chi connectivity index (χ1n) is 9.73. The van der Waals surface area contributed by atoms with Gasteiger partial charge < -0.3 is 10.1 Å². The maximum Gasteiger partial charge on any atom is 0.264 e. The topological polar surface area (TPSA) is 75.7 Å². The van der Waals surface area contributed by atoms with E-state index >= 15 is 0 Å². The number of methoxy groups -OCH3 is 1. The van der Waals surface area contributed by atoms with Gasteiger partial charge in [-0.3, -0.25) is 9.10 Å². The number of amides is 1. The molecule has 1 aromatic rings. The molecule has 0 saturated carbocycles. The van der Waals surface area contributed by atoms with Gasteiger partial charge in [-0.2, -0.15) is 0 Å². The summed E-state index contributed by atoms with van der Waals surface area (Å²) >= 11 is 0. The predicted octanol–water partition coefficient (Wildman–Crippen LogP) is 4.70. The van der Waals surface area contributed by atoms with Crippen LogP contribution in [0.1, 0.15) is 48.5 Å². The summed E-state index contributed by atoms with van der Waals surface area (Å²) in [6.45, 7) is 18.3. The molecule has 1 aromatic carbocycles. The maximum absolute atomic E-state index is 12.9. The summed E-state index contributed by atoms with van der Waals surface area (Å²) in [5.74, 6) is -0.507. The second kappa shape index (κ2) is 14.7. The Bertz CT molecular complexity index is 767. The first-order chi connectivity index (χ1) is 13.9. The van der Waals surface area contributed by atoms with Crippen molar-refractivity contribution in [3.8, 4) is 0 Å². The van der Waals surface area contributed by atoms with Crippen LogP contribution in [0.2, 0.25) is 0 Å². The van der Waals surface area contributed by atoms with E-state index in [4.69, 9.17) is 4.74 Å². The molecule has 0 aromatic heterocycles. The molecule has 0 saturated heterocycles. The van der Waals surface area contributed by atoms with E-state index in [1.54, 1.807) is 21.0 Å². The van der Waals surface area contributed by atoms with Crippen LogP contribution in [-0.2, 0) is 19.6 Å². The van der Waals surface area contributed by atoms with Gasteiger partial charge in [0.25, 0.3) is 10.0 Å². The van der Waals surface area contributed by atoms with Crippen molar-refractivity contribution >= 4 is 16.4 Å². The molecule has 0 heterocycles. The zero-order valence-electron chi connectivity index (χ0n) is 19.5. The van der Waals surface area contributed by atoms with Crippen molar-refractivity contribution in [3.63, 3.8) is 0 Å². The van der Waals surface area contributed by atoms with E-state index in [1.807, 2.05) is 13.8 Å². The highest BCUT2D eigenvalue weighted by Crippen LogP contribution is 2.20. The van der Waals surface area contributed by atoms with Gasteiger partial charge >= 0.3 is 0 Å². The minimum Gasteiger partial charge on any atom is -0.384 e. The number of carbonyl (C=O) groups excluding carboxylic acids is 1. The molecular weight excluding hydrogens is 407 g/mol. The number of nitrogens with zero attached hydrogens (tertiary/aromatic N) is 1. The third-order valence-electron chi connectivity index (χ3n) is 3.29. The number of sulfonamides is 1. The van der Waals surface area contributed by atoms with Crippen molar-refractivity contribution < 1.29 is 22.3 Å². The Labute approximate surface area is 181 Å². The van der Waals surface area contributed by atoms with Gasteiger partial charge in [0.2, 0.25) is 6.41 Å². The lowest BCUT2D eigenvalue weighted by atomic mass is 9.99. The van der Waals surface area contributed by atoms with Crippen LogP contribution in [0.3, 0.4) is 0 Å². The second-order valence-corrected chi connectivity index (χ2v) is 9.05. The summed E-state index contributed by atoms with van der Waals surface area (Å²) in [5, 5.41) is 2.33. The molecule has 1 N–H and O–H groups in total. The standard InChI is InChI=1S/C14H17FN2O3S.C6H14O.C2H6/c1-4-17(12(3)9-11(2)16-10-18)21(19,20)14-7-5-13(15)6-8-14;1-6(2,3)5-7-4;1-2/h5-10H,2,4H2,1,3H3,(H,16,18);5H2,1-4H3;1-2H3/b12-9+;;. The van der Waals surface area contributed by atoms with E-state index in [-0.39, 0.29) is 17.1 Å². The lowest BCUT2D eigenvalue weighted by molar-refractivity contribution is -0.108. The van der Waals surface area contributed by atoms with Crippen molar-refractivity contribution in [1.29, 1.82) is 0 Å². The molecule has 1 rings (SSSR count). The van der Waals surface area contributed by atoms with Gasteiger partial charge in [0, 0.05) is 25.0 Å². The smallest absolute Gasteiger partial charge is 0.264 e. The molecule has 0 atom stereocenters. The molecule has 0 aliphatic rings. The highest BCUT2D eigenvalue weighted by atomic mass is 32.2. The molecular formula is C22H37FN2O4S. The number of benzene rings is 1. The number of hydrogen-bond acceptors (Lipinski definition) is 4. The Balaban J connectivity index is 0. The fourth-order valence-electron chi connectivity index (χ4n) is 2.22. The monoisotopic (exact) mass is 444 g/mol. The molecule has 0 spiro atoms. The van der Waals surface area contributed by atoms with E-state index in [1.165, 1.54) is 18.2 Å².